The number of hydrogen-bond acceptors (Lipinski definition) is 2. The van der Waals surface area contributed by atoms with Crippen molar-refractivity contribution in [3.05, 3.63) is 35.9 Å². The van der Waals surface area contributed by atoms with E-state index in [-0.39, 0.29) is 0 Å². The molecule has 2 N–H and O–H groups in total. The number of benzene rings is 1. The molecule has 14 heavy (non-hydrogen) atoms. The Bertz CT molecular complexity index is 321. The highest BCUT2D eigenvalue weighted by molar-refractivity contribution is 5.81. The Kier molecular flexibility index (Phi) is 2.50. The second-order valence-electron chi connectivity index (χ2n) is 3.51. The van der Waals surface area contributed by atoms with Gasteiger partial charge in [0.25, 0.3) is 0 Å². The highest BCUT2D eigenvalue weighted by atomic mass is 15.5. The molecular formula is C11H15N3. The van der Waals surface area contributed by atoms with E-state index >= 15 is 0 Å². The van der Waals surface area contributed by atoms with Crippen LogP contribution in [0.15, 0.2) is 30.3 Å². The minimum Gasteiger partial charge on any atom is -0.289 e. The molecule has 1 aliphatic rings. The maximum atomic E-state index is 7.75. The number of amidine groups is 1. The van der Waals surface area contributed by atoms with Crippen LogP contribution in [0, 0.1) is 5.41 Å². The fraction of sp³-hybridized carbons (Fsp3) is 0.364. The van der Waals surface area contributed by atoms with Crippen LogP contribution >= 0.6 is 0 Å². The van der Waals surface area contributed by atoms with Gasteiger partial charge in [-0.05, 0) is 12.0 Å². The van der Waals surface area contributed by atoms with Crippen LogP contribution in [0.1, 0.15) is 24.4 Å². The largest absolute Gasteiger partial charge is 0.289 e. The van der Waals surface area contributed by atoms with Crippen LogP contribution in [0.25, 0.3) is 0 Å². The van der Waals surface area contributed by atoms with Crippen LogP contribution in [-0.4, -0.2) is 17.9 Å². The van der Waals surface area contributed by atoms with E-state index in [1.54, 1.807) is 0 Å². The van der Waals surface area contributed by atoms with E-state index in [0.717, 1.165) is 12.8 Å². The summed E-state index contributed by atoms with van der Waals surface area (Å²) in [4.78, 5) is 0. The Morgan fingerprint density at radius 2 is 2.07 bits per heavy atom. The minimum atomic E-state index is 0.327. The molecule has 0 aromatic heterocycles. The lowest BCUT2D eigenvalue weighted by Gasteiger charge is -2.25. The van der Waals surface area contributed by atoms with E-state index in [9.17, 15) is 0 Å². The number of nitrogens with zero attached hydrogens (tertiary/aromatic N) is 1. The highest BCUT2D eigenvalue weighted by Gasteiger charge is 2.28. The first kappa shape index (κ1) is 9.21. The number of nitrogens with one attached hydrogen (secondary N) is 2. The Balaban J connectivity index is 2.23. The molecule has 1 unspecified atom stereocenters. The van der Waals surface area contributed by atoms with Crippen LogP contribution in [0.2, 0.25) is 0 Å². The van der Waals surface area contributed by atoms with Crippen LogP contribution in [0.5, 0.6) is 0 Å². The molecule has 1 atom stereocenters. The van der Waals surface area contributed by atoms with Crippen molar-refractivity contribution in [1.29, 1.82) is 5.41 Å². The van der Waals surface area contributed by atoms with Crippen molar-refractivity contribution in [2.24, 2.45) is 0 Å². The first-order valence-electron chi connectivity index (χ1n) is 4.92. The topological polar surface area (TPSA) is 39.1 Å². The molecule has 2 rings (SSSR count). The zero-order valence-corrected chi connectivity index (χ0v) is 8.33. The third-order valence-corrected chi connectivity index (χ3v) is 2.68. The quantitative estimate of drug-likeness (QED) is 0.746. The predicted octanol–water partition coefficient (Wildman–Crippen LogP) is 1.94. The summed E-state index contributed by atoms with van der Waals surface area (Å²) in [5.41, 5.74) is 4.35. The number of hydrazine groups is 1. The molecule has 1 aromatic rings. The Hall–Kier alpha value is -1.35. The molecule has 1 heterocycles. The zero-order chi connectivity index (χ0) is 9.97. The molecule has 0 amide bonds. The van der Waals surface area contributed by atoms with Gasteiger partial charge in [-0.25, -0.2) is 5.43 Å². The van der Waals surface area contributed by atoms with Gasteiger partial charge in [0.15, 0.2) is 0 Å². The smallest absolute Gasteiger partial charge is 0.111 e. The minimum absolute atomic E-state index is 0.327. The van der Waals surface area contributed by atoms with Crippen molar-refractivity contribution >= 4 is 5.84 Å². The van der Waals surface area contributed by atoms with Gasteiger partial charge in [-0.15, -0.1) is 0 Å². The van der Waals surface area contributed by atoms with E-state index in [2.05, 4.69) is 17.6 Å². The first-order chi connectivity index (χ1) is 6.83. The lowest BCUT2D eigenvalue weighted by atomic mass is 10.1. The molecule has 3 nitrogen and oxygen atoms in total. The summed E-state index contributed by atoms with van der Waals surface area (Å²) in [5.74, 6) is 0.682. The fourth-order valence-corrected chi connectivity index (χ4v) is 1.99. The van der Waals surface area contributed by atoms with Crippen LogP contribution in [0.4, 0.5) is 0 Å². The van der Waals surface area contributed by atoms with Gasteiger partial charge in [-0.3, -0.25) is 10.4 Å². The molecule has 1 fully saturated rings. The third-order valence-electron chi connectivity index (χ3n) is 2.68. The maximum Gasteiger partial charge on any atom is 0.111 e. The van der Waals surface area contributed by atoms with Crippen molar-refractivity contribution < 1.29 is 0 Å². The Morgan fingerprint density at radius 1 is 1.36 bits per heavy atom. The molecule has 0 radical (unpaired) electrons. The standard InChI is InChI=1S/C11H15N3/c1-13-14-10(7-8-11(14)12)9-5-3-2-4-6-9/h2-6,10,12-13H,7-8H2,1H3. The molecule has 0 bridgehead atoms. The van der Waals surface area contributed by atoms with Gasteiger partial charge < -0.3 is 0 Å². The van der Waals surface area contributed by atoms with Crippen molar-refractivity contribution in [1.82, 2.24) is 10.4 Å². The molecule has 0 aliphatic carbocycles. The zero-order valence-electron chi connectivity index (χ0n) is 8.33. The van der Waals surface area contributed by atoms with Crippen molar-refractivity contribution in [3.63, 3.8) is 0 Å². The molecule has 0 spiro atoms. The third kappa shape index (κ3) is 1.51. The summed E-state index contributed by atoms with van der Waals surface area (Å²) >= 11 is 0. The fourth-order valence-electron chi connectivity index (χ4n) is 1.99. The van der Waals surface area contributed by atoms with Crippen LogP contribution in [-0.2, 0) is 0 Å². The van der Waals surface area contributed by atoms with Gasteiger partial charge >= 0.3 is 0 Å². The van der Waals surface area contributed by atoms with E-state index in [1.807, 2.05) is 30.3 Å². The molecule has 0 saturated carbocycles. The molecular weight excluding hydrogens is 174 g/mol. The van der Waals surface area contributed by atoms with E-state index < -0.39 is 0 Å². The van der Waals surface area contributed by atoms with Crippen molar-refractivity contribution in [3.8, 4) is 0 Å². The summed E-state index contributed by atoms with van der Waals surface area (Å²) < 4.78 is 0. The molecule has 1 aliphatic heterocycles. The summed E-state index contributed by atoms with van der Waals surface area (Å²) in [6.45, 7) is 0. The van der Waals surface area contributed by atoms with Gasteiger partial charge in [-0.1, -0.05) is 30.3 Å². The van der Waals surface area contributed by atoms with Gasteiger partial charge in [-0.2, -0.15) is 0 Å². The lowest BCUT2D eigenvalue weighted by molar-refractivity contribution is 0.274. The highest BCUT2D eigenvalue weighted by Crippen LogP contribution is 2.30. The maximum absolute atomic E-state index is 7.75. The molecule has 3 heteroatoms. The number of hydrogen-bond donors (Lipinski definition) is 2. The SMILES string of the molecule is CNN1C(=N)CCC1c1ccccc1. The summed E-state index contributed by atoms with van der Waals surface area (Å²) in [5, 5.41) is 9.69. The average molecular weight is 189 g/mol. The van der Waals surface area contributed by atoms with Crippen LogP contribution in [0.3, 0.4) is 0 Å². The van der Waals surface area contributed by atoms with Gasteiger partial charge in [0.1, 0.15) is 5.84 Å². The van der Waals surface area contributed by atoms with E-state index in [4.69, 9.17) is 5.41 Å². The second kappa shape index (κ2) is 3.80. The number of rotatable bonds is 2. The summed E-state index contributed by atoms with van der Waals surface area (Å²) in [6.07, 6.45) is 1.89. The predicted molar refractivity (Wildman–Crippen MR) is 57.0 cm³/mol. The van der Waals surface area contributed by atoms with Crippen molar-refractivity contribution in [2.75, 3.05) is 7.05 Å². The molecule has 1 aromatic carbocycles. The normalized spacial score (nSPS) is 21.6. The van der Waals surface area contributed by atoms with E-state index in [1.165, 1.54) is 5.56 Å². The van der Waals surface area contributed by atoms with Gasteiger partial charge in [0.05, 0.1) is 6.04 Å². The lowest BCUT2D eigenvalue weighted by Crippen LogP contribution is -2.37. The summed E-state index contributed by atoms with van der Waals surface area (Å²) in [6, 6.07) is 10.7. The molecule has 1 saturated heterocycles. The van der Waals surface area contributed by atoms with Gasteiger partial charge in [0.2, 0.25) is 0 Å². The Labute approximate surface area is 84.2 Å². The van der Waals surface area contributed by atoms with E-state index in [0.29, 0.717) is 11.9 Å². The first-order valence-corrected chi connectivity index (χ1v) is 4.92. The molecule has 74 valence electrons. The van der Waals surface area contributed by atoms with Gasteiger partial charge in [0, 0.05) is 13.5 Å². The Morgan fingerprint density at radius 3 is 2.71 bits per heavy atom. The van der Waals surface area contributed by atoms with Crippen molar-refractivity contribution in [2.45, 2.75) is 18.9 Å². The average Bonchev–Trinajstić information content (AvgIpc) is 2.61. The second-order valence-corrected chi connectivity index (χ2v) is 3.51. The monoisotopic (exact) mass is 189 g/mol. The summed E-state index contributed by atoms with van der Waals surface area (Å²) in [7, 11) is 1.87. The van der Waals surface area contributed by atoms with Crippen LogP contribution < -0.4 is 5.43 Å².